The van der Waals surface area contributed by atoms with E-state index in [2.05, 4.69) is 5.32 Å². The highest BCUT2D eigenvalue weighted by Crippen LogP contribution is 2.26. The van der Waals surface area contributed by atoms with Crippen molar-refractivity contribution in [3.05, 3.63) is 23.5 Å². The zero-order valence-electron chi connectivity index (χ0n) is 7.26. The summed E-state index contributed by atoms with van der Waals surface area (Å²) in [4.78, 5) is 0.285. The second-order valence-electron chi connectivity index (χ2n) is 3.07. The van der Waals surface area contributed by atoms with E-state index in [-0.39, 0.29) is 10.7 Å². The Bertz CT molecular complexity index is 378. The van der Waals surface area contributed by atoms with E-state index in [1.54, 1.807) is 6.07 Å². The quantitative estimate of drug-likeness (QED) is 0.743. The zero-order chi connectivity index (χ0) is 9.42. The van der Waals surface area contributed by atoms with Crippen LogP contribution in [0, 0.1) is 5.82 Å². The molecule has 1 atom stereocenters. The van der Waals surface area contributed by atoms with Gasteiger partial charge in [0.2, 0.25) is 0 Å². The fourth-order valence-corrected chi connectivity index (χ4v) is 2.14. The molecule has 0 radical (unpaired) electrons. The van der Waals surface area contributed by atoms with E-state index in [1.165, 1.54) is 12.3 Å². The monoisotopic (exact) mass is 199 g/mol. The van der Waals surface area contributed by atoms with E-state index in [0.717, 1.165) is 24.2 Å². The lowest BCUT2D eigenvalue weighted by Gasteiger charge is -2.03. The third-order valence-corrected chi connectivity index (χ3v) is 3.11. The first-order chi connectivity index (χ1) is 6.18. The molecular formula is C9H10FNOS. The van der Waals surface area contributed by atoms with Crippen LogP contribution in [0.25, 0.3) is 0 Å². The standard InChI is InChI=1S/C9H10FNOS/c1-13(12)9-5-8-6(2-3-11-8)4-7(9)10/h4-5,11H,2-3H2,1H3. The number of halogens is 1. The van der Waals surface area contributed by atoms with E-state index >= 15 is 0 Å². The maximum atomic E-state index is 13.3. The van der Waals surface area contributed by atoms with Gasteiger partial charge in [0.25, 0.3) is 0 Å². The summed E-state index contributed by atoms with van der Waals surface area (Å²) in [6.07, 6.45) is 2.34. The van der Waals surface area contributed by atoms with Crippen molar-refractivity contribution in [3.63, 3.8) is 0 Å². The van der Waals surface area contributed by atoms with Crippen LogP contribution in [-0.4, -0.2) is 17.0 Å². The Labute approximate surface area is 78.6 Å². The van der Waals surface area contributed by atoms with Crippen molar-refractivity contribution in [1.82, 2.24) is 0 Å². The molecule has 0 aromatic heterocycles. The number of hydrogen-bond acceptors (Lipinski definition) is 2. The third kappa shape index (κ3) is 1.46. The summed E-state index contributed by atoms with van der Waals surface area (Å²) in [6, 6.07) is 3.12. The zero-order valence-corrected chi connectivity index (χ0v) is 8.08. The van der Waals surface area contributed by atoms with Gasteiger partial charge in [-0.1, -0.05) is 0 Å². The number of nitrogens with one attached hydrogen (secondary N) is 1. The largest absolute Gasteiger partial charge is 0.384 e. The van der Waals surface area contributed by atoms with Gasteiger partial charge in [0.05, 0.1) is 15.7 Å². The molecule has 0 fully saturated rings. The molecule has 0 aliphatic carbocycles. The van der Waals surface area contributed by atoms with Gasteiger partial charge in [0.1, 0.15) is 5.82 Å². The van der Waals surface area contributed by atoms with E-state index in [1.807, 2.05) is 0 Å². The van der Waals surface area contributed by atoms with Crippen LogP contribution in [0.15, 0.2) is 17.0 Å². The van der Waals surface area contributed by atoms with Crippen LogP contribution in [0.5, 0.6) is 0 Å². The Morgan fingerprint density at radius 3 is 3.00 bits per heavy atom. The Kier molecular flexibility index (Phi) is 2.07. The summed E-state index contributed by atoms with van der Waals surface area (Å²) in [5, 5.41) is 3.12. The van der Waals surface area contributed by atoms with Gasteiger partial charge in [-0.25, -0.2) is 4.39 Å². The van der Waals surface area contributed by atoms with E-state index in [0.29, 0.717) is 0 Å². The van der Waals surface area contributed by atoms with Crippen LogP contribution in [0.2, 0.25) is 0 Å². The predicted molar refractivity (Wildman–Crippen MR) is 50.9 cm³/mol. The SMILES string of the molecule is CS(=O)c1cc2c(cc1F)CCN2. The minimum atomic E-state index is -1.25. The lowest BCUT2D eigenvalue weighted by molar-refractivity contribution is 0.595. The second kappa shape index (κ2) is 3.10. The summed E-state index contributed by atoms with van der Waals surface area (Å²) in [5.41, 5.74) is 1.90. The molecule has 0 bridgehead atoms. The van der Waals surface area contributed by atoms with Crippen molar-refractivity contribution in [2.45, 2.75) is 11.3 Å². The molecule has 1 aromatic carbocycles. The van der Waals surface area contributed by atoms with Gasteiger partial charge in [-0.3, -0.25) is 4.21 Å². The average molecular weight is 199 g/mol. The number of hydrogen-bond donors (Lipinski definition) is 1. The second-order valence-corrected chi connectivity index (χ2v) is 4.42. The summed E-state index contributed by atoms with van der Waals surface area (Å²) >= 11 is 0. The number of anilines is 1. The number of benzene rings is 1. The van der Waals surface area contributed by atoms with E-state index in [4.69, 9.17) is 0 Å². The smallest absolute Gasteiger partial charge is 0.139 e. The molecule has 4 heteroatoms. The molecule has 0 saturated heterocycles. The highest BCUT2D eigenvalue weighted by molar-refractivity contribution is 7.84. The predicted octanol–water partition coefficient (Wildman–Crippen LogP) is 1.53. The minimum Gasteiger partial charge on any atom is -0.384 e. The minimum absolute atomic E-state index is 0.285. The molecule has 1 unspecified atom stereocenters. The molecular weight excluding hydrogens is 189 g/mol. The van der Waals surface area contributed by atoms with Crippen molar-refractivity contribution < 1.29 is 8.60 Å². The van der Waals surface area contributed by atoms with Crippen molar-refractivity contribution in [3.8, 4) is 0 Å². The summed E-state index contributed by atoms with van der Waals surface area (Å²) in [5.74, 6) is -0.358. The topological polar surface area (TPSA) is 29.1 Å². The molecule has 0 saturated carbocycles. The van der Waals surface area contributed by atoms with Gasteiger partial charge in [-0.2, -0.15) is 0 Å². The van der Waals surface area contributed by atoms with Gasteiger partial charge < -0.3 is 5.32 Å². The first kappa shape index (κ1) is 8.69. The molecule has 2 nitrogen and oxygen atoms in total. The van der Waals surface area contributed by atoms with Crippen LogP contribution in [0.1, 0.15) is 5.56 Å². The Morgan fingerprint density at radius 1 is 1.54 bits per heavy atom. The van der Waals surface area contributed by atoms with Crippen LogP contribution in [0.4, 0.5) is 10.1 Å². The van der Waals surface area contributed by atoms with Crippen LogP contribution in [0.3, 0.4) is 0 Å². The van der Waals surface area contributed by atoms with Gasteiger partial charge >= 0.3 is 0 Å². The first-order valence-electron chi connectivity index (χ1n) is 4.08. The summed E-state index contributed by atoms with van der Waals surface area (Å²) < 4.78 is 24.4. The molecule has 1 heterocycles. The molecule has 0 spiro atoms. The first-order valence-corrected chi connectivity index (χ1v) is 5.64. The normalized spacial score (nSPS) is 16.5. The Balaban J connectivity index is 2.55. The summed E-state index contributed by atoms with van der Waals surface area (Å²) in [7, 11) is -1.25. The molecule has 1 N–H and O–H groups in total. The Hall–Kier alpha value is -0.900. The van der Waals surface area contributed by atoms with Crippen LogP contribution in [-0.2, 0) is 17.2 Å². The highest BCUT2D eigenvalue weighted by atomic mass is 32.2. The van der Waals surface area contributed by atoms with Crippen molar-refractivity contribution in [2.75, 3.05) is 18.1 Å². The fraction of sp³-hybridized carbons (Fsp3) is 0.333. The van der Waals surface area contributed by atoms with E-state index < -0.39 is 10.8 Å². The van der Waals surface area contributed by atoms with Crippen LogP contribution >= 0.6 is 0 Å². The Morgan fingerprint density at radius 2 is 2.31 bits per heavy atom. The van der Waals surface area contributed by atoms with E-state index in [9.17, 15) is 8.60 Å². The molecule has 2 rings (SSSR count). The van der Waals surface area contributed by atoms with Crippen molar-refractivity contribution in [2.24, 2.45) is 0 Å². The molecule has 0 amide bonds. The molecule has 13 heavy (non-hydrogen) atoms. The fourth-order valence-electron chi connectivity index (χ4n) is 1.52. The molecule has 1 aromatic rings. The van der Waals surface area contributed by atoms with Gasteiger partial charge in [0.15, 0.2) is 0 Å². The summed E-state index contributed by atoms with van der Waals surface area (Å²) in [6.45, 7) is 0.842. The van der Waals surface area contributed by atoms with Gasteiger partial charge in [-0.05, 0) is 24.1 Å². The lowest BCUT2D eigenvalue weighted by Crippen LogP contribution is -1.95. The van der Waals surface area contributed by atoms with Crippen molar-refractivity contribution in [1.29, 1.82) is 0 Å². The van der Waals surface area contributed by atoms with Gasteiger partial charge in [0, 0.05) is 18.5 Å². The molecule has 1 aliphatic rings. The molecule has 70 valence electrons. The van der Waals surface area contributed by atoms with Crippen molar-refractivity contribution >= 4 is 16.5 Å². The highest BCUT2D eigenvalue weighted by Gasteiger charge is 2.15. The van der Waals surface area contributed by atoms with Crippen LogP contribution < -0.4 is 5.32 Å². The lowest BCUT2D eigenvalue weighted by atomic mass is 10.2. The maximum absolute atomic E-state index is 13.3. The number of rotatable bonds is 1. The molecule has 1 aliphatic heterocycles. The number of fused-ring (bicyclic) bond motifs is 1. The maximum Gasteiger partial charge on any atom is 0.139 e. The average Bonchev–Trinajstić information content (AvgIpc) is 2.48. The van der Waals surface area contributed by atoms with Gasteiger partial charge in [-0.15, -0.1) is 0 Å². The third-order valence-electron chi connectivity index (χ3n) is 2.18.